The smallest absolute Gasteiger partial charge is 0.416 e. The summed E-state index contributed by atoms with van der Waals surface area (Å²) in [7, 11) is 0. The number of hydrogen-bond donors (Lipinski definition) is 1. The predicted molar refractivity (Wildman–Crippen MR) is 111 cm³/mol. The maximum Gasteiger partial charge on any atom is 0.416 e. The second kappa shape index (κ2) is 8.08. The molecular weight excluding hydrogens is 425 g/mol. The van der Waals surface area contributed by atoms with Gasteiger partial charge in [-0.25, -0.2) is 4.98 Å². The number of halogens is 3. The highest BCUT2D eigenvalue weighted by Crippen LogP contribution is 2.31. The Morgan fingerprint density at radius 2 is 1.81 bits per heavy atom. The van der Waals surface area contributed by atoms with Crippen LogP contribution in [0.3, 0.4) is 0 Å². The maximum atomic E-state index is 13.1. The van der Waals surface area contributed by atoms with Gasteiger partial charge in [0.25, 0.3) is 0 Å². The van der Waals surface area contributed by atoms with Crippen molar-refractivity contribution in [2.24, 2.45) is 0 Å². The van der Waals surface area contributed by atoms with Crippen molar-refractivity contribution in [1.82, 2.24) is 19.9 Å². The highest BCUT2D eigenvalue weighted by molar-refractivity contribution is 5.78. The fourth-order valence-electron chi connectivity index (χ4n) is 3.35. The van der Waals surface area contributed by atoms with Crippen molar-refractivity contribution in [3.8, 4) is 11.4 Å². The molecule has 1 aliphatic rings. The molecule has 3 heterocycles. The molecule has 1 saturated heterocycles. The summed E-state index contributed by atoms with van der Waals surface area (Å²) in [6, 6.07) is 10.2. The van der Waals surface area contributed by atoms with E-state index in [-0.39, 0.29) is 11.6 Å². The van der Waals surface area contributed by atoms with E-state index in [9.17, 15) is 13.2 Å². The Labute approximate surface area is 180 Å². The molecule has 0 radical (unpaired) electrons. The Hall–Kier alpha value is -3.73. The highest BCUT2D eigenvalue weighted by atomic mass is 19.4. The van der Waals surface area contributed by atoms with Crippen LogP contribution in [0.25, 0.3) is 22.5 Å². The Morgan fingerprint density at radius 1 is 0.969 bits per heavy atom. The Morgan fingerprint density at radius 3 is 2.62 bits per heavy atom. The monoisotopic (exact) mass is 442 g/mol. The van der Waals surface area contributed by atoms with Crippen LogP contribution >= 0.6 is 0 Å². The first-order valence-electron chi connectivity index (χ1n) is 9.82. The molecule has 2 aromatic carbocycles. The molecule has 1 fully saturated rings. The third-order valence-corrected chi connectivity index (χ3v) is 4.95. The average molecular weight is 442 g/mol. The SMILES string of the molecule is FC(F)(F)c1cccc(Nc2nc(-c3ccc4ocnc4c3)nc(N3CCOCC3)n2)c1. The molecule has 11 heteroatoms. The van der Waals surface area contributed by atoms with Crippen molar-refractivity contribution >= 4 is 28.7 Å². The van der Waals surface area contributed by atoms with Crippen molar-refractivity contribution in [1.29, 1.82) is 0 Å². The van der Waals surface area contributed by atoms with Gasteiger partial charge in [0.2, 0.25) is 11.9 Å². The van der Waals surface area contributed by atoms with Crippen molar-refractivity contribution in [3.63, 3.8) is 0 Å². The van der Waals surface area contributed by atoms with Gasteiger partial charge < -0.3 is 19.4 Å². The third kappa shape index (κ3) is 4.19. The van der Waals surface area contributed by atoms with Crippen LogP contribution in [0, 0.1) is 0 Å². The van der Waals surface area contributed by atoms with E-state index in [2.05, 4.69) is 25.3 Å². The van der Waals surface area contributed by atoms with Gasteiger partial charge in [-0.2, -0.15) is 28.1 Å². The van der Waals surface area contributed by atoms with E-state index in [0.29, 0.717) is 54.7 Å². The molecule has 0 saturated carbocycles. The molecule has 0 atom stereocenters. The van der Waals surface area contributed by atoms with E-state index in [1.54, 1.807) is 18.2 Å². The molecule has 8 nitrogen and oxygen atoms in total. The fraction of sp³-hybridized carbons (Fsp3) is 0.238. The van der Waals surface area contributed by atoms with Crippen LogP contribution in [0.2, 0.25) is 0 Å². The summed E-state index contributed by atoms with van der Waals surface area (Å²) in [6.45, 7) is 2.24. The largest absolute Gasteiger partial charge is 0.443 e. The minimum Gasteiger partial charge on any atom is -0.443 e. The van der Waals surface area contributed by atoms with Gasteiger partial charge in [-0.3, -0.25) is 0 Å². The topological polar surface area (TPSA) is 89.2 Å². The maximum absolute atomic E-state index is 13.1. The Kier molecular flexibility index (Phi) is 5.10. The molecule has 5 rings (SSSR count). The van der Waals surface area contributed by atoms with Crippen molar-refractivity contribution < 1.29 is 22.3 Å². The number of oxazole rings is 1. The number of fused-ring (bicyclic) bond motifs is 1. The zero-order valence-corrected chi connectivity index (χ0v) is 16.6. The first-order chi connectivity index (χ1) is 15.5. The van der Waals surface area contributed by atoms with Crippen LogP contribution < -0.4 is 10.2 Å². The Balaban J connectivity index is 1.54. The quantitative estimate of drug-likeness (QED) is 0.501. The average Bonchev–Trinajstić information content (AvgIpc) is 3.27. The highest BCUT2D eigenvalue weighted by Gasteiger charge is 2.30. The summed E-state index contributed by atoms with van der Waals surface area (Å²) in [4.78, 5) is 19.6. The van der Waals surface area contributed by atoms with Gasteiger partial charge in [0.15, 0.2) is 17.8 Å². The summed E-state index contributed by atoms with van der Waals surface area (Å²) < 4.78 is 50.0. The molecule has 4 aromatic rings. The van der Waals surface area contributed by atoms with Crippen LogP contribution in [0.4, 0.5) is 30.8 Å². The van der Waals surface area contributed by atoms with E-state index in [1.165, 1.54) is 18.5 Å². The number of rotatable bonds is 4. The fourth-order valence-corrected chi connectivity index (χ4v) is 3.35. The van der Waals surface area contributed by atoms with Crippen LogP contribution in [0.5, 0.6) is 0 Å². The van der Waals surface area contributed by atoms with E-state index >= 15 is 0 Å². The minimum absolute atomic E-state index is 0.135. The molecule has 0 aliphatic carbocycles. The standard InChI is InChI=1S/C21H17F3N6O2/c22-21(23,24)14-2-1-3-15(11-14)26-19-27-18(13-4-5-17-16(10-13)25-12-32-17)28-20(29-19)30-6-8-31-9-7-30/h1-5,10-12H,6-9H2,(H,26,27,28,29). The third-order valence-electron chi connectivity index (χ3n) is 4.95. The van der Waals surface area contributed by atoms with Crippen molar-refractivity contribution in [3.05, 3.63) is 54.4 Å². The summed E-state index contributed by atoms with van der Waals surface area (Å²) in [5.41, 5.74) is 1.40. The number of morpholine rings is 1. The van der Waals surface area contributed by atoms with E-state index < -0.39 is 11.7 Å². The number of alkyl halides is 3. The second-order valence-electron chi connectivity index (χ2n) is 7.12. The molecule has 0 amide bonds. The summed E-state index contributed by atoms with van der Waals surface area (Å²) in [5.74, 6) is 0.907. The van der Waals surface area contributed by atoms with Gasteiger partial charge in [-0.1, -0.05) is 6.07 Å². The van der Waals surface area contributed by atoms with E-state index in [4.69, 9.17) is 9.15 Å². The van der Waals surface area contributed by atoms with Gasteiger partial charge >= 0.3 is 6.18 Å². The number of hydrogen-bond acceptors (Lipinski definition) is 8. The van der Waals surface area contributed by atoms with E-state index in [1.807, 2.05) is 4.90 Å². The first kappa shape index (κ1) is 20.2. The molecule has 1 N–H and O–H groups in total. The van der Waals surface area contributed by atoms with Crippen LogP contribution in [0.1, 0.15) is 5.56 Å². The Bertz CT molecular complexity index is 1250. The molecular formula is C21H17F3N6O2. The molecule has 32 heavy (non-hydrogen) atoms. The summed E-state index contributed by atoms with van der Waals surface area (Å²) in [6.07, 6.45) is -3.10. The second-order valence-corrected chi connectivity index (χ2v) is 7.12. The van der Waals surface area contributed by atoms with Gasteiger partial charge in [-0.15, -0.1) is 0 Å². The van der Waals surface area contributed by atoms with Crippen molar-refractivity contribution in [2.45, 2.75) is 6.18 Å². The molecule has 1 aliphatic heterocycles. The first-order valence-corrected chi connectivity index (χ1v) is 9.82. The predicted octanol–water partition coefficient (Wildman–Crippen LogP) is 4.28. The number of benzene rings is 2. The molecule has 0 spiro atoms. The van der Waals surface area contributed by atoms with Crippen LogP contribution in [0.15, 0.2) is 53.3 Å². The van der Waals surface area contributed by atoms with Gasteiger partial charge in [0.05, 0.1) is 18.8 Å². The molecule has 164 valence electrons. The van der Waals surface area contributed by atoms with Crippen molar-refractivity contribution in [2.75, 3.05) is 36.5 Å². The van der Waals surface area contributed by atoms with Crippen LogP contribution in [-0.2, 0) is 10.9 Å². The lowest BCUT2D eigenvalue weighted by Gasteiger charge is -2.27. The number of anilines is 3. The zero-order chi connectivity index (χ0) is 22.1. The lowest BCUT2D eigenvalue weighted by Crippen LogP contribution is -2.37. The lowest BCUT2D eigenvalue weighted by molar-refractivity contribution is -0.137. The zero-order valence-electron chi connectivity index (χ0n) is 16.6. The number of nitrogens with one attached hydrogen (secondary N) is 1. The van der Waals surface area contributed by atoms with Gasteiger partial charge in [0, 0.05) is 24.3 Å². The molecule has 0 unspecified atom stereocenters. The number of nitrogens with zero attached hydrogens (tertiary/aromatic N) is 5. The number of ether oxygens (including phenoxy) is 1. The summed E-state index contributed by atoms with van der Waals surface area (Å²) in [5, 5.41) is 2.88. The molecule has 2 aromatic heterocycles. The number of aromatic nitrogens is 4. The molecule has 0 bridgehead atoms. The van der Waals surface area contributed by atoms with Crippen LogP contribution in [-0.4, -0.2) is 46.2 Å². The summed E-state index contributed by atoms with van der Waals surface area (Å²) >= 11 is 0. The van der Waals surface area contributed by atoms with Gasteiger partial charge in [0.1, 0.15) is 5.52 Å². The normalized spacial score (nSPS) is 14.7. The van der Waals surface area contributed by atoms with Gasteiger partial charge in [-0.05, 0) is 36.4 Å². The lowest BCUT2D eigenvalue weighted by atomic mass is 10.2. The minimum atomic E-state index is -4.45. The van der Waals surface area contributed by atoms with E-state index in [0.717, 1.165) is 12.1 Å².